The predicted octanol–water partition coefficient (Wildman–Crippen LogP) is 2.74. The minimum absolute atomic E-state index is 0.355. The smallest absolute Gasteiger partial charge is 0.243 e. The van der Waals surface area contributed by atoms with E-state index in [4.69, 9.17) is 4.74 Å². The number of guanidine groups is 1. The second-order valence-corrected chi connectivity index (χ2v) is 9.09. The number of aliphatic imine (C=N–C) groups is 1. The van der Waals surface area contributed by atoms with Gasteiger partial charge in [-0.3, -0.25) is 0 Å². The normalized spacial score (nSPS) is 15.2. The number of sulfonamides is 1. The highest BCUT2D eigenvalue weighted by molar-refractivity contribution is 7.89. The van der Waals surface area contributed by atoms with Crippen molar-refractivity contribution in [1.29, 1.82) is 0 Å². The third-order valence-electron chi connectivity index (χ3n) is 5.01. The van der Waals surface area contributed by atoms with Crippen LogP contribution in [0.4, 0.5) is 0 Å². The van der Waals surface area contributed by atoms with Gasteiger partial charge in [0.2, 0.25) is 10.0 Å². The van der Waals surface area contributed by atoms with E-state index in [-0.39, 0.29) is 0 Å². The van der Waals surface area contributed by atoms with Crippen LogP contribution in [0, 0.1) is 0 Å². The van der Waals surface area contributed by atoms with Gasteiger partial charge in [-0.05, 0) is 55.2 Å². The lowest BCUT2D eigenvalue weighted by atomic mass is 10.2. The first-order valence-corrected chi connectivity index (χ1v) is 11.7. The van der Waals surface area contributed by atoms with Crippen LogP contribution in [0.15, 0.2) is 58.4 Å². The van der Waals surface area contributed by atoms with Crippen LogP contribution in [0.1, 0.15) is 30.9 Å². The third-order valence-corrected chi connectivity index (χ3v) is 6.92. The van der Waals surface area contributed by atoms with Crippen molar-refractivity contribution in [2.45, 2.75) is 37.8 Å². The fourth-order valence-electron chi connectivity index (χ4n) is 3.29. The van der Waals surface area contributed by atoms with E-state index in [0.717, 1.165) is 36.3 Å². The molecule has 3 rings (SSSR count). The molecule has 0 unspecified atom stereocenters. The van der Waals surface area contributed by atoms with Crippen LogP contribution >= 0.6 is 0 Å². The number of hydrogen-bond donors (Lipinski definition) is 2. The van der Waals surface area contributed by atoms with Crippen LogP contribution in [0.5, 0.6) is 5.75 Å². The highest BCUT2D eigenvalue weighted by Crippen LogP contribution is 2.21. The molecule has 0 saturated carbocycles. The van der Waals surface area contributed by atoms with Gasteiger partial charge in [-0.15, -0.1) is 0 Å². The lowest BCUT2D eigenvalue weighted by Gasteiger charge is -2.16. The number of nitrogens with zero attached hydrogens (tertiary/aromatic N) is 2. The van der Waals surface area contributed by atoms with Gasteiger partial charge in [-0.25, -0.2) is 13.4 Å². The quantitative estimate of drug-likeness (QED) is 0.497. The molecule has 2 N–H and O–H groups in total. The Morgan fingerprint density at radius 1 is 1.00 bits per heavy atom. The van der Waals surface area contributed by atoms with Gasteiger partial charge in [0, 0.05) is 26.2 Å². The Labute approximate surface area is 179 Å². The SMILES string of the molecule is CCNC(=NCc1ccc(OC)cc1)NCc1ccc(S(=O)(=O)N2CCCC2)cc1. The van der Waals surface area contributed by atoms with E-state index in [1.807, 2.05) is 43.3 Å². The first kappa shape index (κ1) is 22.1. The maximum Gasteiger partial charge on any atom is 0.243 e. The second-order valence-electron chi connectivity index (χ2n) is 7.15. The van der Waals surface area contributed by atoms with E-state index in [2.05, 4.69) is 15.6 Å². The van der Waals surface area contributed by atoms with Crippen LogP contribution in [0.25, 0.3) is 0 Å². The summed E-state index contributed by atoms with van der Waals surface area (Å²) in [6, 6.07) is 14.9. The molecule has 0 bridgehead atoms. The molecular weight excluding hydrogens is 400 g/mol. The molecule has 2 aromatic carbocycles. The van der Waals surface area contributed by atoms with Gasteiger partial charge < -0.3 is 15.4 Å². The van der Waals surface area contributed by atoms with Gasteiger partial charge in [0.15, 0.2) is 5.96 Å². The summed E-state index contributed by atoms with van der Waals surface area (Å²) in [6.07, 6.45) is 1.87. The summed E-state index contributed by atoms with van der Waals surface area (Å²) in [5, 5.41) is 6.53. The topological polar surface area (TPSA) is 83.0 Å². The molecule has 1 heterocycles. The monoisotopic (exact) mass is 430 g/mol. The van der Waals surface area contributed by atoms with Crippen LogP contribution < -0.4 is 15.4 Å². The summed E-state index contributed by atoms with van der Waals surface area (Å²) in [6.45, 7) is 5.10. The fraction of sp³-hybridized carbons (Fsp3) is 0.409. The van der Waals surface area contributed by atoms with E-state index < -0.39 is 10.0 Å². The van der Waals surface area contributed by atoms with Crippen molar-refractivity contribution in [3.05, 3.63) is 59.7 Å². The number of rotatable bonds is 8. The first-order valence-electron chi connectivity index (χ1n) is 10.3. The van der Waals surface area contributed by atoms with E-state index in [1.54, 1.807) is 23.5 Å². The van der Waals surface area contributed by atoms with Crippen molar-refractivity contribution in [3.8, 4) is 5.75 Å². The first-order chi connectivity index (χ1) is 14.5. The molecule has 162 valence electrons. The summed E-state index contributed by atoms with van der Waals surface area (Å²) in [4.78, 5) is 4.97. The second kappa shape index (κ2) is 10.4. The molecule has 1 aliphatic heterocycles. The van der Waals surface area contributed by atoms with Crippen molar-refractivity contribution < 1.29 is 13.2 Å². The Kier molecular flexibility index (Phi) is 7.70. The molecule has 0 amide bonds. The van der Waals surface area contributed by atoms with Gasteiger partial charge in [0.25, 0.3) is 0 Å². The highest BCUT2D eigenvalue weighted by atomic mass is 32.2. The highest BCUT2D eigenvalue weighted by Gasteiger charge is 2.26. The number of methoxy groups -OCH3 is 1. The summed E-state index contributed by atoms with van der Waals surface area (Å²) in [7, 11) is -1.72. The fourth-order valence-corrected chi connectivity index (χ4v) is 4.80. The Balaban J connectivity index is 1.59. The van der Waals surface area contributed by atoms with Crippen molar-refractivity contribution in [2.24, 2.45) is 4.99 Å². The number of nitrogens with one attached hydrogen (secondary N) is 2. The Bertz CT molecular complexity index is 935. The summed E-state index contributed by atoms with van der Waals surface area (Å²) < 4.78 is 32.0. The summed E-state index contributed by atoms with van der Waals surface area (Å²) in [5.41, 5.74) is 2.08. The lowest BCUT2D eigenvalue weighted by molar-refractivity contribution is 0.414. The van der Waals surface area contributed by atoms with Gasteiger partial charge in [-0.2, -0.15) is 4.31 Å². The summed E-state index contributed by atoms with van der Waals surface area (Å²) in [5.74, 6) is 1.53. The van der Waals surface area contributed by atoms with Gasteiger partial charge in [0.1, 0.15) is 5.75 Å². The zero-order chi connectivity index (χ0) is 21.4. The molecule has 7 nitrogen and oxygen atoms in total. The lowest BCUT2D eigenvalue weighted by Crippen LogP contribution is -2.36. The van der Waals surface area contributed by atoms with E-state index in [0.29, 0.717) is 37.0 Å². The van der Waals surface area contributed by atoms with Crippen LogP contribution in [-0.2, 0) is 23.1 Å². The molecule has 1 saturated heterocycles. The average Bonchev–Trinajstić information content (AvgIpc) is 3.32. The molecule has 0 spiro atoms. The Morgan fingerprint density at radius 3 is 2.23 bits per heavy atom. The average molecular weight is 431 g/mol. The zero-order valence-electron chi connectivity index (χ0n) is 17.6. The molecular formula is C22H30N4O3S. The van der Waals surface area contributed by atoms with Crippen molar-refractivity contribution in [1.82, 2.24) is 14.9 Å². The minimum Gasteiger partial charge on any atom is -0.497 e. The Morgan fingerprint density at radius 2 is 1.63 bits per heavy atom. The molecule has 0 aromatic heterocycles. The number of benzene rings is 2. The summed E-state index contributed by atoms with van der Waals surface area (Å²) >= 11 is 0. The molecule has 2 aromatic rings. The van der Waals surface area contributed by atoms with E-state index in [1.165, 1.54) is 0 Å². The van der Waals surface area contributed by atoms with Crippen molar-refractivity contribution >= 4 is 16.0 Å². The maximum atomic E-state index is 12.6. The number of ether oxygens (including phenoxy) is 1. The van der Waals surface area contributed by atoms with E-state index in [9.17, 15) is 8.42 Å². The Hall–Kier alpha value is -2.58. The molecule has 1 fully saturated rings. The molecule has 0 radical (unpaired) electrons. The minimum atomic E-state index is -3.37. The third kappa shape index (κ3) is 5.73. The predicted molar refractivity (Wildman–Crippen MR) is 119 cm³/mol. The van der Waals surface area contributed by atoms with Crippen LogP contribution in [0.3, 0.4) is 0 Å². The van der Waals surface area contributed by atoms with Gasteiger partial charge in [0.05, 0.1) is 18.6 Å². The van der Waals surface area contributed by atoms with E-state index >= 15 is 0 Å². The molecule has 0 atom stereocenters. The standard InChI is InChI=1S/C22H30N4O3S/c1-3-23-22(24-16-18-6-10-20(29-2)11-7-18)25-17-19-8-12-21(13-9-19)30(27,28)26-14-4-5-15-26/h6-13H,3-5,14-17H2,1-2H3,(H2,23,24,25). The molecule has 0 aliphatic carbocycles. The molecule has 1 aliphatic rings. The maximum absolute atomic E-state index is 12.6. The largest absolute Gasteiger partial charge is 0.497 e. The van der Waals surface area contributed by atoms with Gasteiger partial charge in [-0.1, -0.05) is 24.3 Å². The van der Waals surface area contributed by atoms with Gasteiger partial charge >= 0.3 is 0 Å². The van der Waals surface area contributed by atoms with Crippen LogP contribution in [0.2, 0.25) is 0 Å². The van der Waals surface area contributed by atoms with Crippen molar-refractivity contribution in [2.75, 3.05) is 26.7 Å². The molecule has 30 heavy (non-hydrogen) atoms. The number of hydrogen-bond acceptors (Lipinski definition) is 4. The molecule has 8 heteroatoms. The zero-order valence-corrected chi connectivity index (χ0v) is 18.4. The van der Waals surface area contributed by atoms with Crippen LogP contribution in [-0.4, -0.2) is 45.4 Å². The van der Waals surface area contributed by atoms with Crippen molar-refractivity contribution in [3.63, 3.8) is 0 Å².